The molecular formula is C34H44F3N5O8S. The second kappa shape index (κ2) is 16.8. The number of sulfonamides is 1. The summed E-state index contributed by atoms with van der Waals surface area (Å²) < 4.78 is 74.7. The van der Waals surface area contributed by atoms with Crippen molar-refractivity contribution >= 4 is 33.7 Å². The number of aromatic carboxylic acids is 1. The van der Waals surface area contributed by atoms with Crippen LogP contribution in [0.1, 0.15) is 74.6 Å². The highest BCUT2D eigenvalue weighted by Crippen LogP contribution is 2.29. The molecule has 17 heteroatoms. The number of carboxylic acids is 1. The molecule has 2 aliphatic carbocycles. The lowest BCUT2D eigenvalue weighted by Crippen LogP contribution is -2.49. The van der Waals surface area contributed by atoms with Crippen LogP contribution in [0.4, 0.5) is 28.4 Å². The molecule has 2 aromatic rings. The monoisotopic (exact) mass is 739 g/mol. The fourth-order valence-corrected chi connectivity index (χ4v) is 8.76. The Morgan fingerprint density at radius 1 is 0.725 bits per heavy atom. The number of benzene rings is 2. The van der Waals surface area contributed by atoms with Crippen molar-refractivity contribution in [3.05, 3.63) is 54.1 Å². The standard InChI is InChI=1S/C34H44F3N5O8S/c35-34(36,37)50-30-15-9-26(10-16-30)40-33(46)41-27-17-19-42(20-18-27)51(47,48)21-22-1-5-24(6-2-22)38-32(45)39-25-7-13-29(14-8-25)49-28-11-3-23(4-12-28)31(43)44/h3-4,9-12,15-16,22,24-25,27,29H,1-2,5-8,13-14,17-21H2,(H,43,44)(H2,38,39,45)(H2,40,41,46). The number of ether oxygens (including phenoxy) is 2. The maximum atomic E-state index is 13.2. The number of amides is 4. The van der Waals surface area contributed by atoms with E-state index in [2.05, 4.69) is 26.0 Å². The van der Waals surface area contributed by atoms with Crippen LogP contribution in [0.2, 0.25) is 0 Å². The summed E-state index contributed by atoms with van der Waals surface area (Å²) in [4.78, 5) is 36.2. The second-order valence-electron chi connectivity index (χ2n) is 13.4. The highest BCUT2D eigenvalue weighted by Gasteiger charge is 2.34. The maximum absolute atomic E-state index is 13.2. The molecule has 0 aromatic heterocycles. The zero-order valence-electron chi connectivity index (χ0n) is 28.0. The van der Waals surface area contributed by atoms with E-state index in [1.165, 1.54) is 28.6 Å². The topological polar surface area (TPSA) is 175 Å². The summed E-state index contributed by atoms with van der Waals surface area (Å²) in [7, 11) is -3.51. The SMILES string of the molecule is O=C(Nc1ccc(OC(F)(F)F)cc1)NC1CCN(S(=O)(=O)CC2CCC(NC(=O)NC3CCC(Oc4ccc(C(=O)O)cc4)CC3)CC2)CC1. The fourth-order valence-electron chi connectivity index (χ4n) is 6.85. The van der Waals surface area contributed by atoms with Gasteiger partial charge in [-0.15, -0.1) is 13.2 Å². The third kappa shape index (κ3) is 11.9. The largest absolute Gasteiger partial charge is 0.573 e. The molecule has 1 saturated heterocycles. The third-order valence-electron chi connectivity index (χ3n) is 9.57. The Bertz CT molecular complexity index is 1590. The lowest BCUT2D eigenvalue weighted by molar-refractivity contribution is -0.274. The van der Waals surface area contributed by atoms with Gasteiger partial charge in [0.1, 0.15) is 11.5 Å². The van der Waals surface area contributed by atoms with Crippen molar-refractivity contribution in [1.29, 1.82) is 0 Å². The van der Waals surface area contributed by atoms with Crippen LogP contribution in [-0.4, -0.2) is 85.3 Å². The van der Waals surface area contributed by atoms with Crippen molar-refractivity contribution in [3.8, 4) is 11.5 Å². The van der Waals surface area contributed by atoms with Crippen molar-refractivity contribution in [3.63, 3.8) is 0 Å². The minimum absolute atomic E-state index is 0.00445. The summed E-state index contributed by atoms with van der Waals surface area (Å²) in [6.07, 6.45) is 1.83. The molecule has 1 heterocycles. The Morgan fingerprint density at radius 2 is 1.24 bits per heavy atom. The summed E-state index contributed by atoms with van der Waals surface area (Å²) in [5, 5.41) is 20.5. The molecule has 2 saturated carbocycles. The Kier molecular flexibility index (Phi) is 12.5. The lowest BCUT2D eigenvalue weighted by Gasteiger charge is -2.34. The number of nitrogens with one attached hydrogen (secondary N) is 4. The first-order valence-corrected chi connectivity index (χ1v) is 18.8. The molecule has 0 atom stereocenters. The van der Waals surface area contributed by atoms with E-state index in [0.717, 1.165) is 37.8 Å². The number of anilines is 1. The van der Waals surface area contributed by atoms with E-state index >= 15 is 0 Å². The second-order valence-corrected chi connectivity index (χ2v) is 15.4. The summed E-state index contributed by atoms with van der Waals surface area (Å²) in [5.41, 5.74) is 0.481. The highest BCUT2D eigenvalue weighted by atomic mass is 32.2. The van der Waals surface area contributed by atoms with Crippen LogP contribution in [0.25, 0.3) is 0 Å². The lowest BCUT2D eigenvalue weighted by atomic mass is 9.87. The Hall–Kier alpha value is -4.25. The van der Waals surface area contributed by atoms with Gasteiger partial charge >= 0.3 is 24.4 Å². The zero-order valence-corrected chi connectivity index (χ0v) is 28.8. The molecule has 0 bridgehead atoms. The summed E-state index contributed by atoms with van der Waals surface area (Å²) in [5.74, 6) is -0.751. The number of hydrogen-bond donors (Lipinski definition) is 5. The number of piperidine rings is 1. The van der Waals surface area contributed by atoms with Crippen molar-refractivity contribution in [1.82, 2.24) is 20.3 Å². The highest BCUT2D eigenvalue weighted by molar-refractivity contribution is 7.89. The Morgan fingerprint density at radius 3 is 1.78 bits per heavy atom. The van der Waals surface area contributed by atoms with Crippen molar-refractivity contribution in [2.24, 2.45) is 5.92 Å². The summed E-state index contributed by atoms with van der Waals surface area (Å²) in [6.45, 7) is 0.531. The fraction of sp³-hybridized carbons (Fsp3) is 0.559. The van der Waals surface area contributed by atoms with Gasteiger partial charge in [0.25, 0.3) is 0 Å². The number of hydrogen-bond acceptors (Lipinski definition) is 7. The Balaban J connectivity index is 0.945. The van der Waals surface area contributed by atoms with E-state index in [4.69, 9.17) is 9.84 Å². The molecule has 5 rings (SSSR count). The first-order valence-electron chi connectivity index (χ1n) is 17.2. The van der Waals surface area contributed by atoms with Crippen LogP contribution >= 0.6 is 0 Å². The van der Waals surface area contributed by atoms with Gasteiger partial charge in [0.05, 0.1) is 17.4 Å². The van der Waals surface area contributed by atoms with Crippen LogP contribution in [0.15, 0.2) is 48.5 Å². The van der Waals surface area contributed by atoms with E-state index in [1.807, 2.05) is 0 Å². The number of nitrogens with zero attached hydrogens (tertiary/aromatic N) is 1. The number of carbonyl (C=O) groups is 3. The molecule has 0 spiro atoms. The average Bonchev–Trinajstić information content (AvgIpc) is 3.07. The molecule has 280 valence electrons. The third-order valence-corrected chi connectivity index (χ3v) is 11.6. The van der Waals surface area contributed by atoms with Gasteiger partial charge in [-0.1, -0.05) is 0 Å². The molecule has 2 aromatic carbocycles. The Labute approximate surface area is 294 Å². The van der Waals surface area contributed by atoms with Crippen molar-refractivity contribution < 1.29 is 50.6 Å². The molecule has 1 aliphatic heterocycles. The van der Waals surface area contributed by atoms with Gasteiger partial charge in [-0.2, -0.15) is 0 Å². The van der Waals surface area contributed by atoms with E-state index in [0.29, 0.717) is 44.3 Å². The van der Waals surface area contributed by atoms with Crippen LogP contribution in [0.3, 0.4) is 0 Å². The quantitative estimate of drug-likeness (QED) is 0.202. The average molecular weight is 740 g/mol. The van der Waals surface area contributed by atoms with E-state index in [-0.39, 0.29) is 66.3 Å². The smallest absolute Gasteiger partial charge is 0.490 e. The van der Waals surface area contributed by atoms with Crippen molar-refractivity contribution in [2.45, 2.75) is 94.8 Å². The zero-order chi connectivity index (χ0) is 36.6. The number of halogens is 3. The van der Waals surface area contributed by atoms with Crippen molar-refractivity contribution in [2.75, 3.05) is 24.2 Å². The van der Waals surface area contributed by atoms with Gasteiger partial charge in [-0.25, -0.2) is 27.1 Å². The molecule has 13 nitrogen and oxygen atoms in total. The molecule has 3 aliphatic rings. The first kappa shape index (κ1) is 38.0. The molecular weight excluding hydrogens is 695 g/mol. The molecule has 4 amide bonds. The van der Waals surface area contributed by atoms with Crippen LogP contribution in [0, 0.1) is 5.92 Å². The van der Waals surface area contributed by atoms with Gasteiger partial charge < -0.3 is 35.8 Å². The molecule has 5 N–H and O–H groups in total. The first-order chi connectivity index (χ1) is 24.2. The predicted molar refractivity (Wildman–Crippen MR) is 181 cm³/mol. The molecule has 0 radical (unpaired) electrons. The summed E-state index contributed by atoms with van der Waals surface area (Å²) >= 11 is 0. The number of alkyl halides is 3. The van der Waals surface area contributed by atoms with E-state index in [1.54, 1.807) is 12.1 Å². The van der Waals surface area contributed by atoms with Crippen LogP contribution < -0.4 is 30.7 Å². The number of urea groups is 2. The van der Waals surface area contributed by atoms with E-state index < -0.39 is 34.1 Å². The molecule has 0 unspecified atom stereocenters. The van der Waals surface area contributed by atoms with Gasteiger partial charge in [0.2, 0.25) is 10.0 Å². The number of carboxylic acid groups (broad SMARTS) is 1. The molecule has 51 heavy (non-hydrogen) atoms. The van der Waals surface area contributed by atoms with Crippen LogP contribution in [0.5, 0.6) is 11.5 Å². The van der Waals surface area contributed by atoms with Gasteiger partial charge in [-0.05, 0) is 119 Å². The minimum Gasteiger partial charge on any atom is -0.490 e. The van der Waals surface area contributed by atoms with Gasteiger partial charge in [0, 0.05) is 36.9 Å². The van der Waals surface area contributed by atoms with Gasteiger partial charge in [0.15, 0.2) is 0 Å². The van der Waals surface area contributed by atoms with E-state index in [9.17, 15) is 36.0 Å². The summed E-state index contributed by atoms with van der Waals surface area (Å²) in [6, 6.07) is 10.0. The normalized spacial score (nSPS) is 23.4. The number of carbonyl (C=O) groups excluding carboxylic acids is 2. The van der Waals surface area contributed by atoms with Gasteiger partial charge in [-0.3, -0.25) is 0 Å². The van der Waals surface area contributed by atoms with Crippen LogP contribution in [-0.2, 0) is 10.0 Å². The minimum atomic E-state index is -4.81. The number of rotatable bonds is 11. The maximum Gasteiger partial charge on any atom is 0.573 e. The predicted octanol–water partition coefficient (Wildman–Crippen LogP) is 5.45. The molecule has 3 fully saturated rings.